The number of nitrogens with one attached hydrogen (secondary N) is 1. The van der Waals surface area contributed by atoms with Gasteiger partial charge in [-0.3, -0.25) is 15.5 Å². The zero-order valence-corrected chi connectivity index (χ0v) is 12.4. The minimum Gasteiger partial charge on any atom is -0.292 e. The summed E-state index contributed by atoms with van der Waals surface area (Å²) in [5, 5.41) is 11.7. The van der Waals surface area contributed by atoms with Gasteiger partial charge in [-0.1, -0.05) is 0 Å². The Morgan fingerprint density at radius 3 is 2.33 bits per heavy atom. The van der Waals surface area contributed by atoms with Crippen LogP contribution in [0.1, 0.15) is 17.1 Å². The van der Waals surface area contributed by atoms with Crippen molar-refractivity contribution in [3.05, 3.63) is 33.3 Å². The van der Waals surface area contributed by atoms with Crippen molar-refractivity contribution in [1.29, 1.82) is 0 Å². The molecule has 2 aromatic rings. The molecule has 0 aliphatic carbocycles. The van der Waals surface area contributed by atoms with Gasteiger partial charge in [-0.2, -0.15) is 4.98 Å². The van der Waals surface area contributed by atoms with Crippen LogP contribution >= 0.6 is 11.8 Å². The van der Waals surface area contributed by atoms with E-state index in [1.165, 1.54) is 6.92 Å². The fourth-order valence-corrected chi connectivity index (χ4v) is 2.72. The van der Waals surface area contributed by atoms with Crippen molar-refractivity contribution in [2.45, 2.75) is 31.0 Å². The summed E-state index contributed by atoms with van der Waals surface area (Å²) >= 11 is 1.00. The number of hydrogen-bond donors (Lipinski definition) is 2. The van der Waals surface area contributed by atoms with Gasteiger partial charge in [0.25, 0.3) is 0 Å². The summed E-state index contributed by atoms with van der Waals surface area (Å²) in [6.07, 6.45) is 0. The van der Waals surface area contributed by atoms with Crippen LogP contribution < -0.4 is 11.3 Å². The van der Waals surface area contributed by atoms with Crippen molar-refractivity contribution in [3.63, 3.8) is 0 Å². The Bertz CT molecular complexity index is 687. The second kappa shape index (κ2) is 5.97. The lowest BCUT2D eigenvalue weighted by atomic mass is 10.4. The molecule has 0 aliphatic rings. The fourth-order valence-electron chi connectivity index (χ4n) is 1.71. The molecule has 2 aromatic heterocycles. The van der Waals surface area contributed by atoms with Crippen LogP contribution in [0.2, 0.25) is 0 Å². The molecule has 0 bridgehead atoms. The van der Waals surface area contributed by atoms with Gasteiger partial charge in [0.2, 0.25) is 5.95 Å². The van der Waals surface area contributed by atoms with Crippen molar-refractivity contribution in [3.8, 4) is 0 Å². The predicted octanol–water partition coefficient (Wildman–Crippen LogP) is 1.54. The molecule has 2 heterocycles. The summed E-state index contributed by atoms with van der Waals surface area (Å²) in [6.45, 7) is 5.17. The van der Waals surface area contributed by atoms with Gasteiger partial charge in [0.05, 0.1) is 4.92 Å². The number of nitrogens with two attached hydrogens (primary N) is 1. The van der Waals surface area contributed by atoms with E-state index in [9.17, 15) is 10.1 Å². The second-order valence-corrected chi connectivity index (χ2v) is 5.18. The molecule has 110 valence electrons. The Morgan fingerprint density at radius 2 is 1.81 bits per heavy atom. The van der Waals surface area contributed by atoms with Gasteiger partial charge >= 0.3 is 5.69 Å². The van der Waals surface area contributed by atoms with E-state index in [1.54, 1.807) is 0 Å². The number of aromatic nitrogens is 4. The Morgan fingerprint density at radius 1 is 1.19 bits per heavy atom. The number of nitrogen functional groups attached to an aromatic ring is 1. The largest absolute Gasteiger partial charge is 0.322 e. The number of aryl methyl sites for hydroxylation is 3. The lowest BCUT2D eigenvalue weighted by Gasteiger charge is -2.06. The van der Waals surface area contributed by atoms with Crippen molar-refractivity contribution >= 4 is 23.4 Å². The monoisotopic (exact) mass is 307 g/mol. The van der Waals surface area contributed by atoms with Crippen LogP contribution in [0.3, 0.4) is 0 Å². The SMILES string of the molecule is Cc1cc(C)nc(Sc2nc(NN)nc(C)c2[N+](=O)[O-])n1. The molecule has 0 saturated heterocycles. The summed E-state index contributed by atoms with van der Waals surface area (Å²) in [5.74, 6) is 5.37. The Kier molecular flexibility index (Phi) is 4.29. The number of rotatable bonds is 4. The third-order valence-corrected chi connectivity index (χ3v) is 3.33. The molecule has 2 rings (SSSR count). The van der Waals surface area contributed by atoms with Gasteiger partial charge in [0.15, 0.2) is 10.2 Å². The smallest absolute Gasteiger partial charge is 0.292 e. The molecule has 3 N–H and O–H groups in total. The third-order valence-electron chi connectivity index (χ3n) is 2.49. The normalized spacial score (nSPS) is 10.5. The average Bonchev–Trinajstić information content (AvgIpc) is 2.36. The summed E-state index contributed by atoms with van der Waals surface area (Å²) < 4.78 is 0. The number of hydrazine groups is 1. The van der Waals surface area contributed by atoms with Gasteiger partial charge in [-0.15, -0.1) is 0 Å². The average molecular weight is 307 g/mol. The van der Waals surface area contributed by atoms with E-state index in [1.807, 2.05) is 19.9 Å². The van der Waals surface area contributed by atoms with Crippen molar-refractivity contribution in [2.24, 2.45) is 5.84 Å². The lowest BCUT2D eigenvalue weighted by molar-refractivity contribution is -0.389. The molecule has 0 atom stereocenters. The van der Waals surface area contributed by atoms with Crippen LogP contribution in [0, 0.1) is 30.9 Å². The molecule has 0 aromatic carbocycles. The van der Waals surface area contributed by atoms with Gasteiger partial charge in [0.1, 0.15) is 5.69 Å². The molecule has 0 radical (unpaired) electrons. The molecular formula is C11H13N7O2S. The summed E-state index contributed by atoms with van der Waals surface area (Å²) in [6, 6.07) is 1.82. The third kappa shape index (κ3) is 3.41. The lowest BCUT2D eigenvalue weighted by Crippen LogP contribution is -2.12. The van der Waals surface area contributed by atoms with Gasteiger partial charge in [0, 0.05) is 11.4 Å². The maximum absolute atomic E-state index is 11.2. The van der Waals surface area contributed by atoms with Crippen LogP contribution in [0.15, 0.2) is 16.2 Å². The van der Waals surface area contributed by atoms with Crippen molar-refractivity contribution < 1.29 is 4.92 Å². The van der Waals surface area contributed by atoms with Crippen LogP contribution in [-0.2, 0) is 0 Å². The highest BCUT2D eigenvalue weighted by atomic mass is 32.2. The molecule has 10 heteroatoms. The maximum Gasteiger partial charge on any atom is 0.322 e. The van der Waals surface area contributed by atoms with Crippen LogP contribution in [0.5, 0.6) is 0 Å². The number of hydrogen-bond acceptors (Lipinski definition) is 9. The van der Waals surface area contributed by atoms with E-state index in [4.69, 9.17) is 5.84 Å². The molecule has 0 fully saturated rings. The first-order valence-electron chi connectivity index (χ1n) is 5.90. The van der Waals surface area contributed by atoms with E-state index in [2.05, 4.69) is 25.4 Å². The topological polar surface area (TPSA) is 133 Å². The second-order valence-electron chi connectivity index (χ2n) is 4.22. The molecular weight excluding hydrogens is 294 g/mol. The Balaban J connectivity index is 2.51. The van der Waals surface area contributed by atoms with Crippen LogP contribution in [0.25, 0.3) is 0 Å². The zero-order chi connectivity index (χ0) is 15.6. The molecule has 0 unspecified atom stereocenters. The highest BCUT2D eigenvalue weighted by Gasteiger charge is 2.23. The summed E-state index contributed by atoms with van der Waals surface area (Å²) in [5.41, 5.74) is 3.87. The molecule has 0 spiro atoms. The van der Waals surface area contributed by atoms with E-state index in [0.29, 0.717) is 5.16 Å². The summed E-state index contributed by atoms with van der Waals surface area (Å²) in [7, 11) is 0. The minimum absolute atomic E-state index is 0.102. The van der Waals surface area contributed by atoms with Crippen LogP contribution in [-0.4, -0.2) is 24.9 Å². The molecule has 0 saturated carbocycles. The first-order valence-corrected chi connectivity index (χ1v) is 6.72. The zero-order valence-electron chi connectivity index (χ0n) is 11.6. The molecule has 9 nitrogen and oxygen atoms in total. The number of nitro groups is 1. The van der Waals surface area contributed by atoms with Crippen molar-refractivity contribution in [1.82, 2.24) is 19.9 Å². The van der Waals surface area contributed by atoms with Gasteiger partial charge in [-0.25, -0.2) is 20.8 Å². The van der Waals surface area contributed by atoms with Gasteiger partial charge in [-0.05, 0) is 38.6 Å². The molecule has 0 amide bonds. The Labute approximate surface area is 124 Å². The molecule has 0 aliphatic heterocycles. The highest BCUT2D eigenvalue weighted by Crippen LogP contribution is 2.33. The van der Waals surface area contributed by atoms with Gasteiger partial charge < -0.3 is 0 Å². The van der Waals surface area contributed by atoms with Crippen molar-refractivity contribution in [2.75, 3.05) is 5.43 Å². The standard InChI is InChI=1S/C11H13N7O2S/c1-5-4-6(2)14-11(13-5)21-9-8(18(19)20)7(3)15-10(16-9)17-12/h4H,12H2,1-3H3,(H,15,16,17). The first-order chi connectivity index (χ1) is 9.90. The predicted molar refractivity (Wildman–Crippen MR) is 76.9 cm³/mol. The minimum atomic E-state index is -0.527. The first kappa shape index (κ1) is 15.1. The maximum atomic E-state index is 11.2. The highest BCUT2D eigenvalue weighted by molar-refractivity contribution is 7.99. The quantitative estimate of drug-likeness (QED) is 0.283. The Hall–Kier alpha value is -2.33. The number of nitrogens with zero attached hydrogens (tertiary/aromatic N) is 5. The summed E-state index contributed by atoms with van der Waals surface area (Å²) in [4.78, 5) is 27.1. The van der Waals surface area contributed by atoms with E-state index < -0.39 is 4.92 Å². The fraction of sp³-hybridized carbons (Fsp3) is 0.273. The van der Waals surface area contributed by atoms with Crippen LogP contribution in [0.4, 0.5) is 11.6 Å². The number of anilines is 1. The van der Waals surface area contributed by atoms with E-state index >= 15 is 0 Å². The molecule has 21 heavy (non-hydrogen) atoms. The van der Waals surface area contributed by atoms with E-state index in [0.717, 1.165) is 23.1 Å². The van der Waals surface area contributed by atoms with E-state index in [-0.39, 0.29) is 22.4 Å².